The third-order valence-electron chi connectivity index (χ3n) is 5.70. The fourth-order valence-electron chi connectivity index (χ4n) is 3.87. The number of pyridine rings is 1. The van der Waals surface area contributed by atoms with Gasteiger partial charge in [-0.3, -0.25) is 10.2 Å². The van der Waals surface area contributed by atoms with Crippen LogP contribution in [-0.2, 0) is 6.54 Å². The van der Waals surface area contributed by atoms with E-state index in [9.17, 15) is 4.79 Å². The normalized spacial score (nSPS) is 16.8. The molecule has 1 aromatic heterocycles. The van der Waals surface area contributed by atoms with Crippen LogP contribution in [0.3, 0.4) is 0 Å². The molecule has 166 valence electrons. The number of benzene rings is 1. The topological polar surface area (TPSA) is 60.9 Å². The van der Waals surface area contributed by atoms with Crippen LogP contribution >= 0.6 is 23.2 Å². The second-order valence-corrected chi connectivity index (χ2v) is 8.69. The van der Waals surface area contributed by atoms with Crippen LogP contribution in [0.2, 0.25) is 10.0 Å². The standard InChI is InChI=1S/C22H27Cl2N5O2/c1-27-15-16-7-8-19(25-21(16)26-22(27)30)31-14-3-2-9-28-10-12-29(13-11-28)18-6-4-5-17(23)20(18)24/h4-8H,2-3,9-15H2,1H3,(H,25,26,30). The zero-order valence-electron chi connectivity index (χ0n) is 17.6. The Morgan fingerprint density at radius 3 is 2.71 bits per heavy atom. The Morgan fingerprint density at radius 2 is 1.90 bits per heavy atom. The van der Waals surface area contributed by atoms with Gasteiger partial charge in [0.15, 0.2) is 0 Å². The average Bonchev–Trinajstić information content (AvgIpc) is 2.77. The van der Waals surface area contributed by atoms with Crippen LogP contribution in [0, 0.1) is 0 Å². The van der Waals surface area contributed by atoms with Crippen molar-refractivity contribution in [1.29, 1.82) is 0 Å². The molecule has 7 nitrogen and oxygen atoms in total. The van der Waals surface area contributed by atoms with Gasteiger partial charge in [0.25, 0.3) is 0 Å². The van der Waals surface area contributed by atoms with Crippen molar-refractivity contribution in [3.05, 3.63) is 45.9 Å². The number of halogens is 2. The Bertz CT molecular complexity index is 934. The number of aromatic nitrogens is 1. The second kappa shape index (κ2) is 9.94. The van der Waals surface area contributed by atoms with Gasteiger partial charge in [-0.05, 0) is 37.6 Å². The molecule has 3 heterocycles. The Kier molecular flexibility index (Phi) is 7.05. The molecule has 0 bridgehead atoms. The summed E-state index contributed by atoms with van der Waals surface area (Å²) < 4.78 is 5.79. The quantitative estimate of drug-likeness (QED) is 0.618. The van der Waals surface area contributed by atoms with Gasteiger partial charge in [0.1, 0.15) is 5.82 Å². The van der Waals surface area contributed by atoms with E-state index in [0.717, 1.165) is 56.8 Å². The number of hydrogen-bond acceptors (Lipinski definition) is 5. The van der Waals surface area contributed by atoms with Gasteiger partial charge in [0.2, 0.25) is 5.88 Å². The summed E-state index contributed by atoms with van der Waals surface area (Å²) in [5.74, 6) is 1.15. The number of piperazine rings is 1. The summed E-state index contributed by atoms with van der Waals surface area (Å²) in [6, 6.07) is 9.47. The predicted molar refractivity (Wildman–Crippen MR) is 125 cm³/mol. The van der Waals surface area contributed by atoms with Gasteiger partial charge in [-0.2, -0.15) is 4.98 Å². The van der Waals surface area contributed by atoms with Crippen molar-refractivity contribution in [2.24, 2.45) is 0 Å². The Labute approximate surface area is 192 Å². The molecule has 4 rings (SSSR count). The molecule has 0 atom stereocenters. The van der Waals surface area contributed by atoms with Crippen LogP contribution in [0.5, 0.6) is 5.88 Å². The molecule has 1 N–H and O–H groups in total. The van der Waals surface area contributed by atoms with Gasteiger partial charge in [-0.1, -0.05) is 29.3 Å². The third kappa shape index (κ3) is 5.34. The zero-order valence-corrected chi connectivity index (χ0v) is 19.1. The number of ether oxygens (including phenoxy) is 1. The molecule has 1 aromatic carbocycles. The Morgan fingerprint density at radius 1 is 1.10 bits per heavy atom. The van der Waals surface area contributed by atoms with E-state index >= 15 is 0 Å². The van der Waals surface area contributed by atoms with Crippen LogP contribution in [0.1, 0.15) is 18.4 Å². The Balaban J connectivity index is 1.16. The van der Waals surface area contributed by atoms with E-state index in [0.29, 0.717) is 34.9 Å². The van der Waals surface area contributed by atoms with Gasteiger partial charge in [0, 0.05) is 44.9 Å². The molecule has 31 heavy (non-hydrogen) atoms. The lowest BCUT2D eigenvalue weighted by Crippen LogP contribution is -2.46. The van der Waals surface area contributed by atoms with Crippen LogP contribution in [0.25, 0.3) is 0 Å². The summed E-state index contributed by atoms with van der Waals surface area (Å²) >= 11 is 12.5. The van der Waals surface area contributed by atoms with Crippen molar-refractivity contribution in [2.45, 2.75) is 19.4 Å². The molecule has 2 aromatic rings. The molecule has 0 saturated carbocycles. The number of nitrogens with one attached hydrogen (secondary N) is 1. The number of fused-ring (bicyclic) bond motifs is 1. The maximum atomic E-state index is 11.8. The third-order valence-corrected chi connectivity index (χ3v) is 6.50. The minimum absolute atomic E-state index is 0.144. The first kappa shape index (κ1) is 22.0. The first-order chi connectivity index (χ1) is 15.0. The molecule has 0 aliphatic carbocycles. The largest absolute Gasteiger partial charge is 0.478 e. The molecule has 0 spiro atoms. The molecule has 1 fully saturated rings. The monoisotopic (exact) mass is 463 g/mol. The maximum absolute atomic E-state index is 11.8. The van der Waals surface area contributed by atoms with Crippen LogP contribution < -0.4 is 15.0 Å². The molecule has 2 aliphatic heterocycles. The summed E-state index contributed by atoms with van der Waals surface area (Å²) in [4.78, 5) is 22.6. The van der Waals surface area contributed by atoms with Gasteiger partial charge in [-0.25, -0.2) is 4.79 Å². The highest BCUT2D eigenvalue weighted by atomic mass is 35.5. The SMILES string of the molecule is CN1Cc2ccc(OCCCCN3CCN(c4cccc(Cl)c4Cl)CC3)nc2NC1=O. The smallest absolute Gasteiger partial charge is 0.323 e. The molecule has 2 aliphatic rings. The summed E-state index contributed by atoms with van der Waals surface area (Å²) in [6.07, 6.45) is 2.01. The predicted octanol–water partition coefficient (Wildman–Crippen LogP) is 4.35. The van der Waals surface area contributed by atoms with Crippen molar-refractivity contribution in [1.82, 2.24) is 14.8 Å². The van der Waals surface area contributed by atoms with Gasteiger partial charge in [-0.15, -0.1) is 0 Å². The zero-order chi connectivity index (χ0) is 21.8. The van der Waals surface area contributed by atoms with Gasteiger partial charge < -0.3 is 14.5 Å². The Hall–Kier alpha value is -2.22. The summed E-state index contributed by atoms with van der Waals surface area (Å²) in [7, 11) is 1.76. The van der Waals surface area contributed by atoms with E-state index in [1.54, 1.807) is 11.9 Å². The first-order valence-electron chi connectivity index (χ1n) is 10.6. The second-order valence-electron chi connectivity index (χ2n) is 7.90. The lowest BCUT2D eigenvalue weighted by Gasteiger charge is -2.36. The number of amides is 2. The average molecular weight is 464 g/mol. The highest BCUT2D eigenvalue weighted by Crippen LogP contribution is 2.32. The fourth-order valence-corrected chi connectivity index (χ4v) is 4.29. The van der Waals surface area contributed by atoms with Crippen molar-refractivity contribution in [3.63, 3.8) is 0 Å². The van der Waals surface area contributed by atoms with E-state index in [1.165, 1.54) is 0 Å². The minimum atomic E-state index is -0.144. The lowest BCUT2D eigenvalue weighted by molar-refractivity contribution is 0.218. The maximum Gasteiger partial charge on any atom is 0.323 e. The van der Waals surface area contributed by atoms with Gasteiger partial charge in [0.05, 0.1) is 28.9 Å². The summed E-state index contributed by atoms with van der Waals surface area (Å²) in [6.45, 7) is 6.10. The highest BCUT2D eigenvalue weighted by Gasteiger charge is 2.21. The number of carbonyl (C=O) groups is 1. The van der Waals surface area contributed by atoms with Crippen molar-refractivity contribution in [3.8, 4) is 5.88 Å². The van der Waals surface area contributed by atoms with Crippen LogP contribution in [0.15, 0.2) is 30.3 Å². The molecule has 0 radical (unpaired) electrons. The van der Waals surface area contributed by atoms with E-state index in [2.05, 4.69) is 20.1 Å². The van der Waals surface area contributed by atoms with Crippen molar-refractivity contribution in [2.75, 3.05) is 56.6 Å². The van der Waals surface area contributed by atoms with E-state index < -0.39 is 0 Å². The molecule has 9 heteroatoms. The fraction of sp³-hybridized carbons (Fsp3) is 0.455. The molecular weight excluding hydrogens is 437 g/mol. The van der Waals surface area contributed by atoms with Crippen molar-refractivity contribution >= 4 is 40.7 Å². The minimum Gasteiger partial charge on any atom is -0.478 e. The molecular formula is C22H27Cl2N5O2. The van der Waals surface area contributed by atoms with Gasteiger partial charge >= 0.3 is 6.03 Å². The van der Waals surface area contributed by atoms with E-state index in [4.69, 9.17) is 27.9 Å². The number of anilines is 2. The number of unbranched alkanes of at least 4 members (excludes halogenated alkanes) is 1. The first-order valence-corrected chi connectivity index (χ1v) is 11.3. The highest BCUT2D eigenvalue weighted by molar-refractivity contribution is 6.43. The molecule has 2 amide bonds. The van der Waals surface area contributed by atoms with E-state index in [1.807, 2.05) is 30.3 Å². The number of hydrogen-bond donors (Lipinski definition) is 1. The lowest BCUT2D eigenvalue weighted by atomic mass is 10.2. The molecule has 0 unspecified atom stereocenters. The van der Waals surface area contributed by atoms with Crippen LogP contribution in [0.4, 0.5) is 16.3 Å². The number of urea groups is 1. The summed E-state index contributed by atoms with van der Waals surface area (Å²) in [5.41, 5.74) is 2.01. The van der Waals surface area contributed by atoms with Crippen LogP contribution in [-0.4, -0.2) is 67.2 Å². The van der Waals surface area contributed by atoms with E-state index in [-0.39, 0.29) is 6.03 Å². The number of carbonyl (C=O) groups excluding carboxylic acids is 1. The summed E-state index contributed by atoms with van der Waals surface area (Å²) in [5, 5.41) is 4.02. The van der Waals surface area contributed by atoms with Crippen molar-refractivity contribution < 1.29 is 9.53 Å². The molecule has 1 saturated heterocycles. The number of nitrogens with zero attached hydrogens (tertiary/aromatic N) is 4. The number of rotatable bonds is 7.